The van der Waals surface area contributed by atoms with Gasteiger partial charge in [-0.3, -0.25) is 4.79 Å². The highest BCUT2D eigenvalue weighted by Gasteiger charge is 2.27. The Morgan fingerprint density at radius 1 is 0.897 bits per heavy atom. The van der Waals surface area contributed by atoms with E-state index in [4.69, 9.17) is 4.74 Å². The molecule has 0 spiro atoms. The van der Waals surface area contributed by atoms with Crippen LogP contribution in [-0.4, -0.2) is 20.5 Å². The number of aryl methyl sites for hydroxylation is 1. The highest BCUT2D eigenvalue weighted by molar-refractivity contribution is 7.91. The maximum Gasteiger partial charge on any atom is 0.212 e. The lowest BCUT2D eigenvalue weighted by atomic mass is 10.1. The van der Waals surface area contributed by atoms with Gasteiger partial charge in [-0.15, -0.1) is 0 Å². The van der Waals surface area contributed by atoms with Crippen LogP contribution in [0.5, 0.6) is 5.75 Å². The molecule has 0 atom stereocenters. The number of ether oxygens (including phenoxy) is 1. The third-order valence-electron chi connectivity index (χ3n) is 4.82. The summed E-state index contributed by atoms with van der Waals surface area (Å²) in [6.45, 7) is 1.88. The zero-order chi connectivity index (χ0) is 20.6. The van der Waals surface area contributed by atoms with Gasteiger partial charge in [0.1, 0.15) is 10.6 Å². The van der Waals surface area contributed by atoms with Crippen LogP contribution in [0.2, 0.25) is 0 Å². The SMILES string of the molecule is COc1cccc(-c2[nH]c3ccccc3c(=O)c2S(=O)(=O)c2ccc(C)cc2)c1. The number of methoxy groups -OCH3 is 1. The summed E-state index contributed by atoms with van der Waals surface area (Å²) in [5.74, 6) is 0.565. The monoisotopic (exact) mass is 405 g/mol. The number of rotatable bonds is 4. The van der Waals surface area contributed by atoms with E-state index < -0.39 is 15.3 Å². The minimum atomic E-state index is -4.06. The van der Waals surface area contributed by atoms with Gasteiger partial charge in [-0.2, -0.15) is 0 Å². The molecule has 0 saturated carbocycles. The summed E-state index contributed by atoms with van der Waals surface area (Å²) in [6.07, 6.45) is 0. The van der Waals surface area contributed by atoms with E-state index in [1.165, 1.54) is 19.2 Å². The molecular formula is C23H19NO4S. The topological polar surface area (TPSA) is 76.2 Å². The molecule has 0 amide bonds. The Hall–Kier alpha value is -3.38. The molecule has 0 aliphatic rings. The summed E-state index contributed by atoms with van der Waals surface area (Å²) >= 11 is 0. The molecule has 146 valence electrons. The van der Waals surface area contributed by atoms with E-state index in [2.05, 4.69) is 4.98 Å². The van der Waals surface area contributed by atoms with E-state index in [1.807, 2.05) is 6.92 Å². The number of pyridine rings is 1. The van der Waals surface area contributed by atoms with Crippen molar-refractivity contribution < 1.29 is 13.2 Å². The first-order valence-corrected chi connectivity index (χ1v) is 10.5. The first-order chi connectivity index (χ1) is 13.9. The van der Waals surface area contributed by atoms with Crippen LogP contribution in [0.1, 0.15) is 5.56 Å². The molecule has 3 aromatic carbocycles. The number of hydrogen-bond acceptors (Lipinski definition) is 4. The number of sulfone groups is 1. The molecule has 0 bridgehead atoms. The number of benzene rings is 3. The number of nitrogens with one attached hydrogen (secondary N) is 1. The van der Waals surface area contributed by atoms with Crippen molar-refractivity contribution in [3.05, 3.63) is 88.6 Å². The predicted octanol–water partition coefficient (Wildman–Crippen LogP) is 4.34. The summed E-state index contributed by atoms with van der Waals surface area (Å²) in [6, 6.07) is 20.3. The molecule has 1 N–H and O–H groups in total. The molecule has 0 radical (unpaired) electrons. The van der Waals surface area contributed by atoms with Crippen LogP contribution in [0.25, 0.3) is 22.2 Å². The lowest BCUT2D eigenvalue weighted by molar-refractivity contribution is 0.415. The van der Waals surface area contributed by atoms with Crippen LogP contribution < -0.4 is 10.2 Å². The Balaban J connectivity index is 2.10. The molecule has 1 heterocycles. The van der Waals surface area contributed by atoms with E-state index >= 15 is 0 Å². The minimum absolute atomic E-state index is 0.0769. The summed E-state index contributed by atoms with van der Waals surface area (Å²) in [5, 5.41) is 0.324. The van der Waals surface area contributed by atoms with Crippen molar-refractivity contribution in [2.24, 2.45) is 0 Å². The predicted molar refractivity (Wildman–Crippen MR) is 113 cm³/mol. The quantitative estimate of drug-likeness (QED) is 0.548. The lowest BCUT2D eigenvalue weighted by Gasteiger charge is -2.13. The number of H-pyrrole nitrogens is 1. The largest absolute Gasteiger partial charge is 0.497 e. The van der Waals surface area contributed by atoms with Gasteiger partial charge in [-0.25, -0.2) is 8.42 Å². The Labute approximate surface area is 168 Å². The first-order valence-electron chi connectivity index (χ1n) is 9.03. The van der Waals surface area contributed by atoms with Gasteiger partial charge in [-0.05, 0) is 43.3 Å². The maximum absolute atomic E-state index is 13.5. The van der Waals surface area contributed by atoms with Crippen molar-refractivity contribution in [1.29, 1.82) is 0 Å². The number of para-hydroxylation sites is 1. The fourth-order valence-electron chi connectivity index (χ4n) is 3.29. The van der Waals surface area contributed by atoms with Gasteiger partial charge in [0.25, 0.3) is 0 Å². The van der Waals surface area contributed by atoms with Crippen molar-refractivity contribution in [2.45, 2.75) is 16.7 Å². The summed E-state index contributed by atoms with van der Waals surface area (Å²) < 4.78 is 32.3. The fourth-order valence-corrected chi connectivity index (χ4v) is 4.81. The Kier molecular flexibility index (Phi) is 4.72. The Morgan fingerprint density at radius 3 is 2.34 bits per heavy atom. The zero-order valence-electron chi connectivity index (χ0n) is 16.0. The molecular weight excluding hydrogens is 386 g/mol. The molecule has 0 aliphatic carbocycles. The van der Waals surface area contributed by atoms with E-state index in [0.717, 1.165) is 5.56 Å². The second kappa shape index (κ2) is 7.22. The van der Waals surface area contributed by atoms with E-state index in [-0.39, 0.29) is 15.5 Å². The van der Waals surface area contributed by atoms with Crippen LogP contribution in [0.15, 0.2) is 87.4 Å². The average Bonchev–Trinajstić information content (AvgIpc) is 2.74. The number of fused-ring (bicyclic) bond motifs is 1. The molecule has 4 rings (SSSR count). The molecule has 5 nitrogen and oxygen atoms in total. The van der Waals surface area contributed by atoms with Crippen molar-refractivity contribution in [3.63, 3.8) is 0 Å². The molecule has 4 aromatic rings. The molecule has 29 heavy (non-hydrogen) atoms. The van der Waals surface area contributed by atoms with Crippen molar-refractivity contribution >= 4 is 20.7 Å². The summed E-state index contributed by atoms with van der Waals surface area (Å²) in [4.78, 5) is 16.3. The van der Waals surface area contributed by atoms with Crippen molar-refractivity contribution in [2.75, 3.05) is 7.11 Å². The van der Waals surface area contributed by atoms with Gasteiger partial charge >= 0.3 is 0 Å². The Morgan fingerprint density at radius 2 is 1.62 bits per heavy atom. The van der Waals surface area contributed by atoms with Crippen LogP contribution >= 0.6 is 0 Å². The Bertz CT molecular complexity index is 1370. The van der Waals surface area contributed by atoms with E-state index in [0.29, 0.717) is 22.2 Å². The molecule has 1 aromatic heterocycles. The van der Waals surface area contributed by atoms with Gasteiger partial charge in [0.15, 0.2) is 0 Å². The minimum Gasteiger partial charge on any atom is -0.497 e. The zero-order valence-corrected chi connectivity index (χ0v) is 16.8. The van der Waals surface area contributed by atoms with Crippen LogP contribution in [0.4, 0.5) is 0 Å². The normalized spacial score (nSPS) is 11.5. The van der Waals surface area contributed by atoms with Gasteiger partial charge in [0.2, 0.25) is 15.3 Å². The molecule has 6 heteroatoms. The maximum atomic E-state index is 13.5. The summed E-state index contributed by atoms with van der Waals surface area (Å²) in [7, 11) is -2.53. The molecule has 0 saturated heterocycles. The van der Waals surface area contributed by atoms with Gasteiger partial charge in [0, 0.05) is 16.5 Å². The highest BCUT2D eigenvalue weighted by Crippen LogP contribution is 2.31. The standard InChI is InChI=1S/C23H19NO4S/c1-15-10-12-18(13-11-15)29(26,27)23-21(16-6-5-7-17(14-16)28-2)24-20-9-4-3-8-19(20)22(23)25/h3-14H,1-2H3,(H,24,25). The van der Waals surface area contributed by atoms with Crippen LogP contribution in [-0.2, 0) is 9.84 Å². The average molecular weight is 405 g/mol. The molecule has 0 fully saturated rings. The number of aromatic amines is 1. The number of aromatic nitrogens is 1. The fraction of sp³-hybridized carbons (Fsp3) is 0.0870. The molecule has 0 aliphatic heterocycles. The third-order valence-corrected chi connectivity index (χ3v) is 6.64. The first kappa shape index (κ1) is 19.0. The van der Waals surface area contributed by atoms with Crippen molar-refractivity contribution in [1.82, 2.24) is 4.98 Å². The second-order valence-corrected chi connectivity index (χ2v) is 8.64. The smallest absolute Gasteiger partial charge is 0.212 e. The number of hydrogen-bond donors (Lipinski definition) is 1. The van der Waals surface area contributed by atoms with Gasteiger partial charge < -0.3 is 9.72 Å². The van der Waals surface area contributed by atoms with E-state index in [1.54, 1.807) is 60.7 Å². The van der Waals surface area contributed by atoms with Gasteiger partial charge in [0.05, 0.1) is 17.7 Å². The van der Waals surface area contributed by atoms with Gasteiger partial charge in [-0.1, -0.05) is 42.0 Å². The lowest BCUT2D eigenvalue weighted by Crippen LogP contribution is -2.18. The highest BCUT2D eigenvalue weighted by atomic mass is 32.2. The third kappa shape index (κ3) is 3.32. The summed E-state index contributed by atoms with van der Waals surface area (Å²) in [5.41, 5.74) is 1.77. The van der Waals surface area contributed by atoms with Crippen molar-refractivity contribution in [3.8, 4) is 17.0 Å². The van der Waals surface area contributed by atoms with Crippen LogP contribution in [0.3, 0.4) is 0 Å². The van der Waals surface area contributed by atoms with E-state index in [9.17, 15) is 13.2 Å². The van der Waals surface area contributed by atoms with Crippen LogP contribution in [0, 0.1) is 6.92 Å². The molecule has 0 unspecified atom stereocenters. The second-order valence-electron chi connectivity index (χ2n) is 6.75.